The summed E-state index contributed by atoms with van der Waals surface area (Å²) >= 11 is 0. The minimum Gasteiger partial charge on any atom is -0.467 e. The van der Waals surface area contributed by atoms with Gasteiger partial charge in [-0.15, -0.1) is 0 Å². The van der Waals surface area contributed by atoms with Crippen LogP contribution in [-0.4, -0.2) is 65.8 Å². The second kappa shape index (κ2) is 8.59. The number of imide groups is 2. The van der Waals surface area contributed by atoms with Crippen molar-refractivity contribution < 1.29 is 28.7 Å². The van der Waals surface area contributed by atoms with Crippen molar-refractivity contribution in [1.29, 1.82) is 0 Å². The number of esters is 1. The average molecular weight is 355 g/mol. The van der Waals surface area contributed by atoms with E-state index in [4.69, 9.17) is 0 Å². The Morgan fingerprint density at radius 2 is 1.64 bits per heavy atom. The molecular weight excluding hydrogens is 330 g/mol. The Kier molecular flexibility index (Phi) is 7.08. The Morgan fingerprint density at radius 1 is 1.08 bits per heavy atom. The molecule has 0 aliphatic carbocycles. The first-order valence-electron chi connectivity index (χ1n) is 8.18. The van der Waals surface area contributed by atoms with E-state index in [9.17, 15) is 24.0 Å². The molecule has 1 aliphatic heterocycles. The summed E-state index contributed by atoms with van der Waals surface area (Å²) in [5.41, 5.74) is 0. The number of rotatable bonds is 8. The summed E-state index contributed by atoms with van der Waals surface area (Å²) in [6, 6.07) is -1.71. The number of amides is 5. The minimum atomic E-state index is -1.04. The van der Waals surface area contributed by atoms with E-state index in [2.05, 4.69) is 10.1 Å². The molecule has 0 aromatic heterocycles. The van der Waals surface area contributed by atoms with Gasteiger partial charge in [0, 0.05) is 6.54 Å². The number of urea groups is 1. The molecule has 1 aliphatic rings. The smallest absolute Gasteiger partial charge is 0.334 e. The van der Waals surface area contributed by atoms with Crippen LogP contribution in [0.1, 0.15) is 34.1 Å². The van der Waals surface area contributed by atoms with Crippen LogP contribution in [-0.2, 0) is 23.9 Å². The van der Waals surface area contributed by atoms with Crippen molar-refractivity contribution in [2.75, 3.05) is 20.2 Å². The van der Waals surface area contributed by atoms with Crippen LogP contribution in [0.15, 0.2) is 0 Å². The normalized spacial score (nSPS) is 17.1. The van der Waals surface area contributed by atoms with Gasteiger partial charge < -0.3 is 10.1 Å². The van der Waals surface area contributed by atoms with E-state index in [0.717, 1.165) is 4.90 Å². The lowest BCUT2D eigenvalue weighted by Gasteiger charge is -2.23. The molecule has 1 heterocycles. The van der Waals surface area contributed by atoms with Crippen LogP contribution in [0.2, 0.25) is 0 Å². The summed E-state index contributed by atoms with van der Waals surface area (Å²) in [5.74, 6) is -3.52. The Hall–Kier alpha value is -2.45. The third kappa shape index (κ3) is 4.77. The summed E-state index contributed by atoms with van der Waals surface area (Å²) in [4.78, 5) is 61.4. The SMILES string of the molecule is CC[C@@H](C)[C@@H](NC(=O)CN1C(=O)C(=O)N(CC(C)C)C1=O)C(=O)OC. The third-order valence-electron chi connectivity index (χ3n) is 3.97. The van der Waals surface area contributed by atoms with Crippen molar-refractivity contribution in [2.45, 2.75) is 40.2 Å². The molecule has 2 atom stereocenters. The van der Waals surface area contributed by atoms with Crippen LogP contribution in [0.25, 0.3) is 0 Å². The highest BCUT2D eigenvalue weighted by atomic mass is 16.5. The number of hydrogen-bond donors (Lipinski definition) is 1. The van der Waals surface area contributed by atoms with Crippen LogP contribution in [0.4, 0.5) is 4.79 Å². The van der Waals surface area contributed by atoms with Gasteiger partial charge in [0.05, 0.1) is 7.11 Å². The topological polar surface area (TPSA) is 113 Å². The zero-order valence-electron chi connectivity index (χ0n) is 15.2. The fourth-order valence-corrected chi connectivity index (χ4v) is 2.37. The zero-order valence-corrected chi connectivity index (χ0v) is 15.2. The standard InChI is InChI=1S/C16H25N3O6/c1-6-10(4)12(15(23)25-5)17-11(20)8-19-14(22)13(21)18(16(19)24)7-9(2)3/h9-10,12H,6-8H2,1-5H3,(H,17,20)/t10-,12-/m1/s1. The molecule has 1 saturated heterocycles. The van der Waals surface area contributed by atoms with Crippen LogP contribution in [0.5, 0.6) is 0 Å². The van der Waals surface area contributed by atoms with Gasteiger partial charge in [-0.05, 0) is 11.8 Å². The van der Waals surface area contributed by atoms with Gasteiger partial charge in [0.2, 0.25) is 5.91 Å². The molecule has 0 spiro atoms. The fourth-order valence-electron chi connectivity index (χ4n) is 2.37. The lowest BCUT2D eigenvalue weighted by molar-refractivity contribution is -0.147. The molecule has 0 unspecified atom stereocenters. The molecule has 5 amide bonds. The molecule has 1 N–H and O–H groups in total. The minimum absolute atomic E-state index is 0.0106. The summed E-state index contributed by atoms with van der Waals surface area (Å²) in [7, 11) is 1.21. The van der Waals surface area contributed by atoms with Crippen molar-refractivity contribution in [3.63, 3.8) is 0 Å². The Balaban J connectivity index is 2.81. The van der Waals surface area contributed by atoms with E-state index in [1.807, 2.05) is 6.92 Å². The summed E-state index contributed by atoms with van der Waals surface area (Å²) < 4.78 is 4.66. The number of hydrogen-bond acceptors (Lipinski definition) is 6. The monoisotopic (exact) mass is 355 g/mol. The van der Waals surface area contributed by atoms with Crippen LogP contribution < -0.4 is 5.32 Å². The van der Waals surface area contributed by atoms with E-state index in [0.29, 0.717) is 11.3 Å². The summed E-state index contributed by atoms with van der Waals surface area (Å²) in [5, 5.41) is 2.47. The Morgan fingerprint density at radius 3 is 2.12 bits per heavy atom. The number of carbonyl (C=O) groups excluding carboxylic acids is 5. The second-order valence-electron chi connectivity index (χ2n) is 6.44. The molecular formula is C16H25N3O6. The molecule has 9 heteroatoms. The molecule has 9 nitrogen and oxygen atoms in total. The molecule has 1 rings (SSSR count). The maximum Gasteiger partial charge on any atom is 0.334 e. The third-order valence-corrected chi connectivity index (χ3v) is 3.97. The van der Waals surface area contributed by atoms with Gasteiger partial charge in [-0.3, -0.25) is 19.3 Å². The lowest BCUT2D eigenvalue weighted by Crippen LogP contribution is -2.50. The highest BCUT2D eigenvalue weighted by molar-refractivity contribution is 6.45. The molecule has 0 radical (unpaired) electrons. The highest BCUT2D eigenvalue weighted by Gasteiger charge is 2.45. The quantitative estimate of drug-likeness (QED) is 0.376. The first-order chi connectivity index (χ1) is 11.6. The molecule has 140 valence electrons. The summed E-state index contributed by atoms with van der Waals surface area (Å²) in [6.45, 7) is 6.69. The van der Waals surface area contributed by atoms with Gasteiger partial charge in [-0.25, -0.2) is 14.5 Å². The molecule has 0 bridgehead atoms. The van der Waals surface area contributed by atoms with E-state index in [-0.39, 0.29) is 18.4 Å². The van der Waals surface area contributed by atoms with Crippen molar-refractivity contribution in [3.8, 4) is 0 Å². The maximum absolute atomic E-state index is 12.2. The molecule has 1 fully saturated rings. The first kappa shape index (κ1) is 20.6. The lowest BCUT2D eigenvalue weighted by atomic mass is 9.99. The van der Waals surface area contributed by atoms with Crippen LogP contribution >= 0.6 is 0 Å². The number of nitrogens with zero attached hydrogens (tertiary/aromatic N) is 2. The molecule has 25 heavy (non-hydrogen) atoms. The van der Waals surface area contributed by atoms with Crippen molar-refractivity contribution >= 4 is 29.7 Å². The largest absolute Gasteiger partial charge is 0.467 e. The number of methoxy groups -OCH3 is 1. The predicted molar refractivity (Wildman–Crippen MR) is 87.1 cm³/mol. The van der Waals surface area contributed by atoms with Gasteiger partial charge in [-0.1, -0.05) is 34.1 Å². The van der Waals surface area contributed by atoms with Gasteiger partial charge in [0.1, 0.15) is 12.6 Å². The van der Waals surface area contributed by atoms with E-state index in [1.165, 1.54) is 7.11 Å². The second-order valence-corrected chi connectivity index (χ2v) is 6.44. The number of nitrogens with one attached hydrogen (secondary N) is 1. The number of ether oxygens (including phenoxy) is 1. The maximum atomic E-state index is 12.2. The van der Waals surface area contributed by atoms with Crippen molar-refractivity contribution in [2.24, 2.45) is 11.8 Å². The van der Waals surface area contributed by atoms with Gasteiger partial charge in [0.15, 0.2) is 0 Å². The van der Waals surface area contributed by atoms with Crippen LogP contribution in [0.3, 0.4) is 0 Å². The van der Waals surface area contributed by atoms with E-state index in [1.54, 1.807) is 20.8 Å². The average Bonchev–Trinajstić information content (AvgIpc) is 2.75. The molecule has 0 saturated carbocycles. The Labute approximate surface area is 146 Å². The fraction of sp³-hybridized carbons (Fsp3) is 0.688. The summed E-state index contributed by atoms with van der Waals surface area (Å²) in [6.07, 6.45) is 0.613. The Bertz CT molecular complexity index is 574. The van der Waals surface area contributed by atoms with E-state index < -0.39 is 42.3 Å². The van der Waals surface area contributed by atoms with Crippen molar-refractivity contribution in [1.82, 2.24) is 15.1 Å². The van der Waals surface area contributed by atoms with Crippen LogP contribution in [0, 0.1) is 11.8 Å². The predicted octanol–water partition coefficient (Wildman–Crippen LogP) is 0.137. The number of carbonyl (C=O) groups is 5. The van der Waals surface area contributed by atoms with Gasteiger partial charge in [-0.2, -0.15) is 0 Å². The molecule has 0 aromatic carbocycles. The highest BCUT2D eigenvalue weighted by Crippen LogP contribution is 2.14. The van der Waals surface area contributed by atoms with Gasteiger partial charge in [0.25, 0.3) is 0 Å². The molecule has 0 aromatic rings. The van der Waals surface area contributed by atoms with E-state index >= 15 is 0 Å². The van der Waals surface area contributed by atoms with Crippen molar-refractivity contribution in [3.05, 3.63) is 0 Å². The first-order valence-corrected chi connectivity index (χ1v) is 8.18. The zero-order chi connectivity index (χ0) is 19.3. The van der Waals surface area contributed by atoms with Gasteiger partial charge >= 0.3 is 23.8 Å².